The summed E-state index contributed by atoms with van der Waals surface area (Å²) in [5, 5.41) is 15.6. The number of amides is 1. The van der Waals surface area contributed by atoms with Gasteiger partial charge in [-0.2, -0.15) is 5.10 Å². The summed E-state index contributed by atoms with van der Waals surface area (Å²) in [6.07, 6.45) is 1.64. The van der Waals surface area contributed by atoms with E-state index in [1.807, 2.05) is 19.9 Å². The van der Waals surface area contributed by atoms with Crippen LogP contribution in [0.25, 0.3) is 10.1 Å². The van der Waals surface area contributed by atoms with Gasteiger partial charge in [0.1, 0.15) is 0 Å². The second-order valence-electron chi connectivity index (χ2n) is 6.58. The molecule has 1 aromatic carbocycles. The van der Waals surface area contributed by atoms with Crippen molar-refractivity contribution in [3.8, 4) is 0 Å². The highest BCUT2D eigenvalue weighted by molar-refractivity contribution is 7.20. The number of nitro groups is 1. The summed E-state index contributed by atoms with van der Waals surface area (Å²) in [6, 6.07) is 8.57. The standard InChI is InChI=1S/C19H20N4O3S/c1-11(2)22-12(3)7-15(13(22)4)10-20-21-19(24)18-9-14-8-16(23(25)26)5-6-17(14)27-18/h5-11H,1-4H3,(H,21,24)/b20-10-. The van der Waals surface area contributed by atoms with E-state index in [4.69, 9.17) is 0 Å². The topological polar surface area (TPSA) is 89.5 Å². The lowest BCUT2D eigenvalue weighted by Crippen LogP contribution is -2.16. The lowest BCUT2D eigenvalue weighted by Gasteiger charge is -2.13. The molecule has 0 fully saturated rings. The molecule has 1 amide bonds. The first-order valence-corrected chi connectivity index (χ1v) is 9.29. The minimum atomic E-state index is -0.450. The fourth-order valence-electron chi connectivity index (χ4n) is 3.20. The van der Waals surface area contributed by atoms with E-state index in [-0.39, 0.29) is 11.6 Å². The quantitative estimate of drug-likeness (QED) is 0.397. The third-order valence-corrected chi connectivity index (χ3v) is 5.46. The molecule has 27 heavy (non-hydrogen) atoms. The molecule has 1 N–H and O–H groups in total. The highest BCUT2D eigenvalue weighted by atomic mass is 32.1. The molecule has 0 radical (unpaired) electrons. The van der Waals surface area contributed by atoms with Crippen LogP contribution in [0.3, 0.4) is 0 Å². The Morgan fingerprint density at radius 2 is 2.04 bits per heavy atom. The van der Waals surface area contributed by atoms with E-state index in [2.05, 4.69) is 28.9 Å². The zero-order chi connectivity index (χ0) is 19.7. The van der Waals surface area contributed by atoms with Crippen LogP contribution in [0.5, 0.6) is 0 Å². The van der Waals surface area contributed by atoms with Crippen molar-refractivity contribution in [3.63, 3.8) is 0 Å². The number of non-ortho nitro benzene ring substituents is 1. The minimum Gasteiger partial charge on any atom is -0.346 e. The van der Waals surface area contributed by atoms with Gasteiger partial charge in [0, 0.05) is 45.2 Å². The van der Waals surface area contributed by atoms with Crippen molar-refractivity contribution in [1.82, 2.24) is 9.99 Å². The molecule has 7 nitrogen and oxygen atoms in total. The van der Waals surface area contributed by atoms with E-state index >= 15 is 0 Å². The Morgan fingerprint density at radius 3 is 2.67 bits per heavy atom. The van der Waals surface area contributed by atoms with Crippen LogP contribution in [-0.2, 0) is 0 Å². The number of aryl methyl sites for hydroxylation is 1. The van der Waals surface area contributed by atoms with Gasteiger partial charge in [0.25, 0.3) is 11.6 Å². The highest BCUT2D eigenvalue weighted by Crippen LogP contribution is 2.28. The zero-order valence-corrected chi connectivity index (χ0v) is 16.3. The number of hydrogen-bond donors (Lipinski definition) is 1. The average molecular weight is 384 g/mol. The maximum absolute atomic E-state index is 12.3. The van der Waals surface area contributed by atoms with Gasteiger partial charge < -0.3 is 4.57 Å². The third-order valence-electron chi connectivity index (χ3n) is 4.34. The Kier molecular flexibility index (Phi) is 5.09. The molecule has 0 aliphatic rings. The molecule has 0 bridgehead atoms. The van der Waals surface area contributed by atoms with Gasteiger partial charge in [-0.25, -0.2) is 5.43 Å². The molecule has 0 unspecified atom stereocenters. The van der Waals surface area contributed by atoms with E-state index < -0.39 is 4.92 Å². The Hall–Kier alpha value is -3.00. The normalized spacial score (nSPS) is 11.6. The lowest BCUT2D eigenvalue weighted by atomic mass is 10.2. The first-order chi connectivity index (χ1) is 12.8. The predicted molar refractivity (Wildman–Crippen MR) is 108 cm³/mol. The second-order valence-corrected chi connectivity index (χ2v) is 7.66. The number of hydrazone groups is 1. The van der Waals surface area contributed by atoms with Crippen LogP contribution < -0.4 is 5.43 Å². The summed E-state index contributed by atoms with van der Waals surface area (Å²) in [5.41, 5.74) is 5.72. The third kappa shape index (κ3) is 3.75. The SMILES string of the molecule is Cc1cc(/C=N\NC(=O)c2cc3cc([N+](=O)[O-])ccc3s2)c(C)n1C(C)C. The number of fused-ring (bicyclic) bond motifs is 1. The molecule has 2 heterocycles. The molecule has 2 aromatic heterocycles. The van der Waals surface area contributed by atoms with Gasteiger partial charge in [-0.3, -0.25) is 14.9 Å². The van der Waals surface area contributed by atoms with Crippen molar-refractivity contribution in [1.29, 1.82) is 0 Å². The van der Waals surface area contributed by atoms with Crippen LogP contribution in [0.1, 0.15) is 46.5 Å². The maximum atomic E-state index is 12.3. The highest BCUT2D eigenvalue weighted by Gasteiger charge is 2.13. The number of thiophene rings is 1. The van der Waals surface area contributed by atoms with Crippen molar-refractivity contribution in [2.24, 2.45) is 5.10 Å². The second kappa shape index (κ2) is 7.32. The van der Waals surface area contributed by atoms with Crippen molar-refractivity contribution >= 4 is 39.2 Å². The molecule has 0 aliphatic carbocycles. The summed E-state index contributed by atoms with van der Waals surface area (Å²) in [4.78, 5) is 23.2. The minimum absolute atomic E-state index is 0.00536. The van der Waals surface area contributed by atoms with Crippen LogP contribution in [0, 0.1) is 24.0 Å². The number of nitrogens with zero attached hydrogens (tertiary/aromatic N) is 3. The zero-order valence-electron chi connectivity index (χ0n) is 15.5. The summed E-state index contributed by atoms with van der Waals surface area (Å²) in [6.45, 7) is 8.30. The van der Waals surface area contributed by atoms with E-state index in [0.717, 1.165) is 21.7 Å². The maximum Gasteiger partial charge on any atom is 0.281 e. The van der Waals surface area contributed by atoms with Gasteiger partial charge in [-0.15, -0.1) is 11.3 Å². The van der Waals surface area contributed by atoms with Crippen molar-refractivity contribution in [2.45, 2.75) is 33.7 Å². The first-order valence-electron chi connectivity index (χ1n) is 8.47. The smallest absolute Gasteiger partial charge is 0.281 e. The number of nitrogens with one attached hydrogen (secondary N) is 1. The van der Waals surface area contributed by atoms with Gasteiger partial charge in [0.15, 0.2) is 0 Å². The largest absolute Gasteiger partial charge is 0.346 e. The number of carbonyl (C=O) groups excluding carboxylic acids is 1. The van der Waals surface area contributed by atoms with Gasteiger partial charge >= 0.3 is 0 Å². The molecule has 8 heteroatoms. The van der Waals surface area contributed by atoms with Gasteiger partial charge in [-0.1, -0.05) is 0 Å². The monoisotopic (exact) mass is 384 g/mol. The van der Waals surface area contributed by atoms with Crippen LogP contribution in [0.15, 0.2) is 35.4 Å². The Balaban J connectivity index is 1.76. The molecule has 140 valence electrons. The number of rotatable bonds is 5. The van der Waals surface area contributed by atoms with Crippen molar-refractivity contribution < 1.29 is 9.72 Å². The number of carbonyl (C=O) groups is 1. The molecular formula is C19H20N4O3S. The van der Waals surface area contributed by atoms with Gasteiger partial charge in [0.05, 0.1) is 16.0 Å². The van der Waals surface area contributed by atoms with Gasteiger partial charge in [-0.05, 0) is 45.9 Å². The summed E-state index contributed by atoms with van der Waals surface area (Å²) in [7, 11) is 0. The Morgan fingerprint density at radius 1 is 1.30 bits per heavy atom. The molecule has 0 atom stereocenters. The number of benzene rings is 1. The first kappa shape index (κ1) is 18.8. The number of hydrogen-bond acceptors (Lipinski definition) is 5. The number of nitro benzene ring substituents is 1. The molecule has 0 spiro atoms. The van der Waals surface area contributed by atoms with E-state index in [9.17, 15) is 14.9 Å². The lowest BCUT2D eigenvalue weighted by molar-refractivity contribution is -0.384. The molecule has 0 saturated carbocycles. The average Bonchev–Trinajstić information content (AvgIpc) is 3.14. The fourth-order valence-corrected chi connectivity index (χ4v) is 4.13. The van der Waals surface area contributed by atoms with Gasteiger partial charge in [0.2, 0.25) is 0 Å². The van der Waals surface area contributed by atoms with Crippen LogP contribution in [0.2, 0.25) is 0 Å². The molecule has 0 aliphatic heterocycles. The van der Waals surface area contributed by atoms with E-state index in [1.54, 1.807) is 18.3 Å². The molecule has 3 rings (SSSR count). The number of aromatic nitrogens is 1. The fraction of sp³-hybridized carbons (Fsp3) is 0.263. The molecule has 3 aromatic rings. The van der Waals surface area contributed by atoms with Crippen molar-refractivity contribution in [3.05, 3.63) is 62.3 Å². The summed E-state index contributed by atoms with van der Waals surface area (Å²) < 4.78 is 3.03. The van der Waals surface area contributed by atoms with Crippen LogP contribution in [-0.4, -0.2) is 21.6 Å². The molecule has 0 saturated heterocycles. The predicted octanol–water partition coefficient (Wildman–Crippen LogP) is 4.57. The summed E-state index contributed by atoms with van der Waals surface area (Å²) >= 11 is 1.27. The van der Waals surface area contributed by atoms with E-state index in [1.165, 1.54) is 23.5 Å². The Labute approximate surface area is 160 Å². The summed E-state index contributed by atoms with van der Waals surface area (Å²) in [5.74, 6) is -0.340. The van der Waals surface area contributed by atoms with E-state index in [0.29, 0.717) is 16.3 Å². The van der Waals surface area contributed by atoms with Crippen LogP contribution in [0.4, 0.5) is 5.69 Å². The van der Waals surface area contributed by atoms with Crippen LogP contribution >= 0.6 is 11.3 Å². The molecular weight excluding hydrogens is 364 g/mol. The Bertz CT molecular complexity index is 1060. The van der Waals surface area contributed by atoms with Crippen molar-refractivity contribution in [2.75, 3.05) is 0 Å².